The van der Waals surface area contributed by atoms with E-state index in [1.807, 2.05) is 34.0 Å². The molecule has 0 aliphatic heterocycles. The molecule has 0 aliphatic rings. The first-order chi connectivity index (χ1) is 9.41. The molecule has 1 aromatic heterocycles. The van der Waals surface area contributed by atoms with Gasteiger partial charge in [0.1, 0.15) is 5.54 Å². The van der Waals surface area contributed by atoms with Crippen molar-refractivity contribution in [2.75, 3.05) is 18.6 Å². The molecule has 0 fully saturated rings. The fraction of sp³-hybridized carbons (Fsp3) is 0.750. The number of hydrogen-bond acceptors (Lipinski definition) is 8. The molecule has 0 bridgehead atoms. The number of hydrogen-bond donors (Lipinski definition) is 1. The van der Waals surface area contributed by atoms with Crippen molar-refractivity contribution >= 4 is 40.8 Å². The highest BCUT2D eigenvalue weighted by Crippen LogP contribution is 2.30. The number of carbonyl (C=O) groups excluding carboxylic acids is 1. The van der Waals surface area contributed by atoms with Gasteiger partial charge in [0, 0.05) is 11.8 Å². The highest BCUT2D eigenvalue weighted by molar-refractivity contribution is 8.03. The predicted octanol–water partition coefficient (Wildman–Crippen LogP) is 2.67. The number of aromatic nitrogens is 2. The number of carbonyl (C=O) groups is 1. The molecular formula is C12H21N3O2S3. The Labute approximate surface area is 132 Å². The molecule has 1 aromatic rings. The second-order valence-electron chi connectivity index (χ2n) is 4.68. The average Bonchev–Trinajstić information content (AvgIpc) is 2.84. The van der Waals surface area contributed by atoms with Crippen LogP contribution in [0, 0.1) is 0 Å². The first kappa shape index (κ1) is 17.7. The Morgan fingerprint density at radius 3 is 2.60 bits per heavy atom. The Balaban J connectivity index is 2.71. The van der Waals surface area contributed by atoms with E-state index in [9.17, 15) is 4.79 Å². The van der Waals surface area contributed by atoms with Crippen LogP contribution in [0.5, 0.6) is 0 Å². The molecule has 20 heavy (non-hydrogen) atoms. The van der Waals surface area contributed by atoms with Crippen molar-refractivity contribution in [3.8, 4) is 0 Å². The third kappa shape index (κ3) is 5.23. The Kier molecular flexibility index (Phi) is 7.28. The van der Waals surface area contributed by atoms with Crippen LogP contribution in [-0.4, -0.2) is 46.4 Å². The quantitative estimate of drug-likeness (QED) is 0.579. The lowest BCUT2D eigenvalue weighted by Crippen LogP contribution is -2.55. The number of ether oxygens (including phenoxy) is 1. The van der Waals surface area contributed by atoms with Crippen molar-refractivity contribution in [2.24, 2.45) is 0 Å². The van der Waals surface area contributed by atoms with Gasteiger partial charge in [0.15, 0.2) is 8.68 Å². The van der Waals surface area contributed by atoms with E-state index in [1.54, 1.807) is 23.1 Å². The maximum atomic E-state index is 12.1. The summed E-state index contributed by atoms with van der Waals surface area (Å²) in [4.78, 5) is 12.1. The highest BCUT2D eigenvalue weighted by atomic mass is 32.2. The van der Waals surface area contributed by atoms with Gasteiger partial charge in [0.25, 0.3) is 0 Å². The number of thioether (sulfide) groups is 2. The van der Waals surface area contributed by atoms with Gasteiger partial charge in [-0.05, 0) is 34.0 Å². The monoisotopic (exact) mass is 335 g/mol. The Bertz CT molecular complexity index is 439. The van der Waals surface area contributed by atoms with Crippen LogP contribution in [-0.2, 0) is 9.53 Å². The van der Waals surface area contributed by atoms with Crippen molar-refractivity contribution in [3.05, 3.63) is 0 Å². The van der Waals surface area contributed by atoms with Crippen LogP contribution >= 0.6 is 34.9 Å². The summed E-state index contributed by atoms with van der Waals surface area (Å²) in [5, 5.41) is 11.4. The van der Waals surface area contributed by atoms with Crippen LogP contribution in [0.25, 0.3) is 0 Å². The van der Waals surface area contributed by atoms with Crippen LogP contribution in [0.15, 0.2) is 8.68 Å². The van der Waals surface area contributed by atoms with E-state index in [4.69, 9.17) is 4.74 Å². The number of rotatable bonds is 8. The minimum Gasteiger partial charge on any atom is -0.465 e. The molecule has 1 N–H and O–H groups in total. The summed E-state index contributed by atoms with van der Waals surface area (Å²) in [6, 6.07) is 0.196. The van der Waals surface area contributed by atoms with Crippen molar-refractivity contribution < 1.29 is 9.53 Å². The zero-order valence-corrected chi connectivity index (χ0v) is 14.9. The maximum absolute atomic E-state index is 12.1. The third-order valence-electron chi connectivity index (χ3n) is 2.38. The third-order valence-corrected chi connectivity index (χ3v) is 5.73. The summed E-state index contributed by atoms with van der Waals surface area (Å²) in [6.07, 6.45) is 1.97. The molecule has 1 atom stereocenters. The van der Waals surface area contributed by atoms with Gasteiger partial charge in [-0.15, -0.1) is 10.2 Å². The summed E-state index contributed by atoms with van der Waals surface area (Å²) >= 11 is 4.64. The van der Waals surface area contributed by atoms with Crippen molar-refractivity contribution in [1.29, 1.82) is 0 Å². The average molecular weight is 336 g/mol. The van der Waals surface area contributed by atoms with Crippen LogP contribution in [0.2, 0.25) is 0 Å². The number of nitrogens with one attached hydrogen (secondary N) is 1. The molecule has 0 saturated heterocycles. The van der Waals surface area contributed by atoms with Gasteiger partial charge >= 0.3 is 5.97 Å². The molecule has 0 radical (unpaired) electrons. The fourth-order valence-corrected chi connectivity index (χ4v) is 4.16. The molecule has 0 aliphatic carbocycles. The molecule has 5 nitrogen and oxygen atoms in total. The van der Waals surface area contributed by atoms with Crippen molar-refractivity contribution in [2.45, 2.75) is 48.0 Å². The van der Waals surface area contributed by atoms with Gasteiger partial charge in [-0.1, -0.05) is 34.9 Å². The standard InChI is InChI=1S/C12H21N3O2S3/c1-6-17-9(16)12(4,13-8(2)3)7-19-11-15-14-10(18-5)20-11/h8,13H,6-7H2,1-5H3. The van der Waals surface area contributed by atoms with E-state index in [-0.39, 0.29) is 12.0 Å². The lowest BCUT2D eigenvalue weighted by atomic mass is 10.0. The topological polar surface area (TPSA) is 64.1 Å². The van der Waals surface area contributed by atoms with E-state index < -0.39 is 5.54 Å². The second kappa shape index (κ2) is 8.21. The molecule has 1 rings (SSSR count). The normalized spacial score (nSPS) is 14.3. The summed E-state index contributed by atoms with van der Waals surface area (Å²) in [6.45, 7) is 8.09. The van der Waals surface area contributed by atoms with Gasteiger partial charge in [-0.2, -0.15) is 0 Å². The fourth-order valence-electron chi connectivity index (χ4n) is 1.63. The lowest BCUT2D eigenvalue weighted by molar-refractivity contribution is -0.149. The van der Waals surface area contributed by atoms with Gasteiger partial charge in [0.2, 0.25) is 0 Å². The van der Waals surface area contributed by atoms with Crippen LogP contribution < -0.4 is 5.32 Å². The number of esters is 1. The first-order valence-corrected chi connectivity index (χ1v) is 9.39. The summed E-state index contributed by atoms with van der Waals surface area (Å²) in [5.74, 6) is 0.336. The summed E-state index contributed by atoms with van der Waals surface area (Å²) < 4.78 is 6.97. The minimum absolute atomic E-state index is 0.196. The molecular weight excluding hydrogens is 314 g/mol. The molecule has 0 spiro atoms. The SMILES string of the molecule is CCOC(=O)C(C)(CSc1nnc(SC)s1)NC(C)C. The van der Waals surface area contributed by atoms with E-state index in [2.05, 4.69) is 15.5 Å². The molecule has 114 valence electrons. The van der Waals surface area contributed by atoms with Crippen LogP contribution in [0.4, 0.5) is 0 Å². The van der Waals surface area contributed by atoms with Crippen molar-refractivity contribution in [1.82, 2.24) is 15.5 Å². The van der Waals surface area contributed by atoms with E-state index in [1.165, 1.54) is 11.8 Å². The zero-order valence-electron chi connectivity index (χ0n) is 12.4. The molecule has 1 heterocycles. The lowest BCUT2D eigenvalue weighted by Gasteiger charge is -2.29. The molecule has 0 amide bonds. The maximum Gasteiger partial charge on any atom is 0.326 e. The first-order valence-electron chi connectivity index (χ1n) is 6.36. The molecule has 8 heteroatoms. The van der Waals surface area contributed by atoms with Crippen LogP contribution in [0.1, 0.15) is 27.7 Å². The molecule has 1 unspecified atom stereocenters. The molecule has 0 aromatic carbocycles. The second-order valence-corrected chi connectivity index (χ2v) is 7.93. The van der Waals surface area contributed by atoms with Gasteiger partial charge < -0.3 is 4.74 Å². The predicted molar refractivity (Wildman–Crippen MR) is 85.7 cm³/mol. The number of nitrogens with zero attached hydrogens (tertiary/aromatic N) is 2. The Hall–Kier alpha value is -0.310. The van der Waals surface area contributed by atoms with E-state index in [0.29, 0.717) is 12.4 Å². The zero-order chi connectivity index (χ0) is 15.2. The van der Waals surface area contributed by atoms with Crippen molar-refractivity contribution in [3.63, 3.8) is 0 Å². The smallest absolute Gasteiger partial charge is 0.326 e. The Morgan fingerprint density at radius 1 is 1.45 bits per heavy atom. The summed E-state index contributed by atoms with van der Waals surface area (Å²) in [5.41, 5.74) is -0.722. The highest BCUT2D eigenvalue weighted by Gasteiger charge is 2.35. The largest absolute Gasteiger partial charge is 0.465 e. The minimum atomic E-state index is -0.722. The van der Waals surface area contributed by atoms with Gasteiger partial charge in [0.05, 0.1) is 6.61 Å². The molecule has 0 saturated carbocycles. The Morgan fingerprint density at radius 2 is 2.10 bits per heavy atom. The van der Waals surface area contributed by atoms with Gasteiger partial charge in [-0.3, -0.25) is 10.1 Å². The van der Waals surface area contributed by atoms with E-state index >= 15 is 0 Å². The van der Waals surface area contributed by atoms with E-state index in [0.717, 1.165) is 8.68 Å². The van der Waals surface area contributed by atoms with Gasteiger partial charge in [-0.25, -0.2) is 0 Å². The summed E-state index contributed by atoms with van der Waals surface area (Å²) in [7, 11) is 0. The van der Waals surface area contributed by atoms with Crippen LogP contribution in [0.3, 0.4) is 0 Å².